The molecular formula is C21H23N5O2. The fourth-order valence-electron chi connectivity index (χ4n) is 3.27. The van der Waals surface area contributed by atoms with Gasteiger partial charge in [-0.15, -0.1) is 0 Å². The summed E-state index contributed by atoms with van der Waals surface area (Å²) in [5.74, 6) is 1.36. The van der Waals surface area contributed by atoms with Crippen molar-refractivity contribution in [3.63, 3.8) is 0 Å². The lowest BCUT2D eigenvalue weighted by Gasteiger charge is -2.34. The summed E-state index contributed by atoms with van der Waals surface area (Å²) in [5.41, 5.74) is 1.71. The van der Waals surface area contributed by atoms with Crippen molar-refractivity contribution >= 4 is 11.7 Å². The lowest BCUT2D eigenvalue weighted by atomic mass is 10.2. The van der Waals surface area contributed by atoms with Gasteiger partial charge in [-0.05, 0) is 17.7 Å². The Kier molecular flexibility index (Phi) is 5.63. The molecule has 0 bridgehead atoms. The highest BCUT2D eigenvalue weighted by Crippen LogP contribution is 2.13. The van der Waals surface area contributed by atoms with Crippen LogP contribution in [0.25, 0.3) is 0 Å². The average molecular weight is 377 g/mol. The van der Waals surface area contributed by atoms with Gasteiger partial charge in [0.1, 0.15) is 23.6 Å². The number of rotatable bonds is 6. The summed E-state index contributed by atoms with van der Waals surface area (Å²) in [5, 5.41) is 3.16. The summed E-state index contributed by atoms with van der Waals surface area (Å²) >= 11 is 0. The molecule has 1 aromatic carbocycles. The van der Waals surface area contributed by atoms with Crippen molar-refractivity contribution in [2.75, 3.05) is 31.5 Å². The molecule has 0 saturated carbocycles. The fourth-order valence-corrected chi connectivity index (χ4v) is 3.27. The summed E-state index contributed by atoms with van der Waals surface area (Å²) in [6.45, 7) is 4.54. The topological polar surface area (TPSA) is 74.5 Å². The summed E-state index contributed by atoms with van der Waals surface area (Å²) in [4.78, 5) is 25.4. The Morgan fingerprint density at radius 1 is 1.04 bits per heavy atom. The van der Waals surface area contributed by atoms with E-state index in [4.69, 9.17) is 4.42 Å². The standard InChI is InChI=1S/C21H23N5O2/c27-21(19-13-20(24-16-23-19)22-14-18-7-4-12-28-18)26-10-8-25(9-11-26)15-17-5-2-1-3-6-17/h1-7,12-13,16H,8-11,14-15H2,(H,22,23,24). The molecule has 0 spiro atoms. The molecule has 3 aromatic rings. The van der Waals surface area contributed by atoms with Crippen LogP contribution >= 0.6 is 0 Å². The molecule has 0 aliphatic carbocycles. The van der Waals surface area contributed by atoms with E-state index in [0.29, 0.717) is 31.1 Å². The number of hydrogen-bond donors (Lipinski definition) is 1. The number of nitrogens with zero attached hydrogens (tertiary/aromatic N) is 4. The van der Waals surface area contributed by atoms with Gasteiger partial charge >= 0.3 is 0 Å². The van der Waals surface area contributed by atoms with Gasteiger partial charge in [-0.1, -0.05) is 30.3 Å². The minimum absolute atomic E-state index is 0.0530. The molecular weight excluding hydrogens is 354 g/mol. The Labute approximate surface area is 164 Å². The maximum Gasteiger partial charge on any atom is 0.272 e. The lowest BCUT2D eigenvalue weighted by Crippen LogP contribution is -2.48. The fraction of sp³-hybridized carbons (Fsp3) is 0.286. The highest BCUT2D eigenvalue weighted by Gasteiger charge is 2.23. The van der Waals surface area contributed by atoms with Crippen LogP contribution in [-0.4, -0.2) is 51.9 Å². The Morgan fingerprint density at radius 2 is 1.86 bits per heavy atom. The van der Waals surface area contributed by atoms with Crippen LogP contribution < -0.4 is 5.32 Å². The monoisotopic (exact) mass is 377 g/mol. The van der Waals surface area contributed by atoms with Gasteiger partial charge in [-0.3, -0.25) is 9.69 Å². The van der Waals surface area contributed by atoms with E-state index < -0.39 is 0 Å². The number of piperazine rings is 1. The van der Waals surface area contributed by atoms with Crippen LogP contribution in [0.2, 0.25) is 0 Å². The first-order valence-corrected chi connectivity index (χ1v) is 9.42. The first-order valence-electron chi connectivity index (χ1n) is 9.42. The van der Waals surface area contributed by atoms with Gasteiger partial charge in [-0.2, -0.15) is 0 Å². The minimum atomic E-state index is -0.0530. The van der Waals surface area contributed by atoms with Crippen LogP contribution in [0.1, 0.15) is 21.8 Å². The minimum Gasteiger partial charge on any atom is -0.467 e. The van der Waals surface area contributed by atoms with Gasteiger partial charge in [0.2, 0.25) is 0 Å². The summed E-state index contributed by atoms with van der Waals surface area (Å²) < 4.78 is 5.29. The molecule has 7 nitrogen and oxygen atoms in total. The quantitative estimate of drug-likeness (QED) is 0.712. The van der Waals surface area contributed by atoms with Crippen molar-refractivity contribution in [3.05, 3.63) is 78.1 Å². The summed E-state index contributed by atoms with van der Waals surface area (Å²) in [6.07, 6.45) is 3.05. The van der Waals surface area contributed by atoms with E-state index in [0.717, 1.165) is 25.4 Å². The Bertz CT molecular complexity index is 890. The molecule has 3 heterocycles. The predicted molar refractivity (Wildman–Crippen MR) is 106 cm³/mol. The zero-order chi connectivity index (χ0) is 19.2. The molecule has 4 rings (SSSR count). The normalized spacial score (nSPS) is 14.8. The molecule has 1 aliphatic heterocycles. The smallest absolute Gasteiger partial charge is 0.272 e. The second-order valence-electron chi connectivity index (χ2n) is 6.78. The van der Waals surface area contributed by atoms with Gasteiger partial charge in [-0.25, -0.2) is 9.97 Å². The van der Waals surface area contributed by atoms with Gasteiger partial charge in [0, 0.05) is 38.8 Å². The van der Waals surface area contributed by atoms with Gasteiger partial charge in [0.15, 0.2) is 0 Å². The number of nitrogens with one attached hydrogen (secondary N) is 1. The molecule has 1 amide bonds. The molecule has 1 aliphatic rings. The van der Waals surface area contributed by atoms with Crippen molar-refractivity contribution in [1.29, 1.82) is 0 Å². The number of benzene rings is 1. The van der Waals surface area contributed by atoms with Crippen molar-refractivity contribution in [2.45, 2.75) is 13.1 Å². The SMILES string of the molecule is O=C(c1cc(NCc2ccco2)ncn1)N1CCN(Cc2ccccc2)CC1. The van der Waals surface area contributed by atoms with E-state index in [1.807, 2.05) is 23.1 Å². The maximum absolute atomic E-state index is 12.8. The van der Waals surface area contributed by atoms with Crippen molar-refractivity contribution in [2.24, 2.45) is 0 Å². The number of furan rings is 1. The van der Waals surface area contributed by atoms with Crippen molar-refractivity contribution < 1.29 is 9.21 Å². The first-order chi connectivity index (χ1) is 13.8. The first kappa shape index (κ1) is 18.2. The number of carbonyl (C=O) groups is 1. The Hall–Kier alpha value is -3.19. The van der Waals surface area contributed by atoms with E-state index in [-0.39, 0.29) is 5.91 Å². The average Bonchev–Trinajstić information content (AvgIpc) is 3.27. The second-order valence-corrected chi connectivity index (χ2v) is 6.78. The molecule has 7 heteroatoms. The molecule has 144 valence electrons. The third kappa shape index (κ3) is 4.55. The second kappa shape index (κ2) is 8.67. The van der Waals surface area contributed by atoms with Crippen LogP contribution in [0, 0.1) is 0 Å². The predicted octanol–water partition coefficient (Wildman–Crippen LogP) is 2.64. The van der Waals surface area contributed by atoms with E-state index >= 15 is 0 Å². The van der Waals surface area contributed by atoms with Crippen LogP contribution in [0.15, 0.2) is 65.5 Å². The largest absolute Gasteiger partial charge is 0.467 e. The molecule has 1 N–H and O–H groups in total. The number of carbonyl (C=O) groups excluding carboxylic acids is 1. The highest BCUT2D eigenvalue weighted by atomic mass is 16.3. The van der Waals surface area contributed by atoms with Crippen LogP contribution in [0.5, 0.6) is 0 Å². The van der Waals surface area contributed by atoms with Crippen molar-refractivity contribution in [1.82, 2.24) is 19.8 Å². The zero-order valence-corrected chi connectivity index (χ0v) is 15.6. The van der Waals surface area contributed by atoms with E-state index in [2.05, 4.69) is 44.5 Å². The maximum atomic E-state index is 12.8. The molecule has 1 fully saturated rings. The number of anilines is 1. The van der Waals surface area contributed by atoms with Gasteiger partial charge in [0.25, 0.3) is 5.91 Å². The van der Waals surface area contributed by atoms with Crippen LogP contribution in [-0.2, 0) is 13.1 Å². The van der Waals surface area contributed by atoms with E-state index in [1.165, 1.54) is 11.9 Å². The van der Waals surface area contributed by atoms with Gasteiger partial charge < -0.3 is 14.6 Å². The Morgan fingerprint density at radius 3 is 2.61 bits per heavy atom. The number of aromatic nitrogens is 2. The molecule has 2 aromatic heterocycles. The highest BCUT2D eigenvalue weighted by molar-refractivity contribution is 5.93. The molecule has 1 saturated heterocycles. The molecule has 0 atom stereocenters. The third-order valence-electron chi connectivity index (χ3n) is 4.82. The van der Waals surface area contributed by atoms with Crippen LogP contribution in [0.3, 0.4) is 0 Å². The van der Waals surface area contributed by atoms with E-state index in [1.54, 1.807) is 12.3 Å². The molecule has 0 radical (unpaired) electrons. The molecule has 0 unspecified atom stereocenters. The van der Waals surface area contributed by atoms with E-state index in [9.17, 15) is 4.79 Å². The lowest BCUT2D eigenvalue weighted by molar-refractivity contribution is 0.0622. The van der Waals surface area contributed by atoms with Crippen molar-refractivity contribution in [3.8, 4) is 0 Å². The number of hydrogen-bond acceptors (Lipinski definition) is 6. The summed E-state index contributed by atoms with van der Waals surface area (Å²) in [7, 11) is 0. The molecule has 28 heavy (non-hydrogen) atoms. The zero-order valence-electron chi connectivity index (χ0n) is 15.6. The number of amides is 1. The summed E-state index contributed by atoms with van der Waals surface area (Å²) in [6, 6.07) is 15.8. The Balaban J connectivity index is 1.31. The third-order valence-corrected chi connectivity index (χ3v) is 4.82. The van der Waals surface area contributed by atoms with Crippen LogP contribution in [0.4, 0.5) is 5.82 Å². The van der Waals surface area contributed by atoms with Gasteiger partial charge in [0.05, 0.1) is 12.8 Å².